The van der Waals surface area contributed by atoms with Gasteiger partial charge in [-0.1, -0.05) is 0 Å². The van der Waals surface area contributed by atoms with Crippen LogP contribution in [-0.2, 0) is 0 Å². The molecule has 1 atom stereocenters. The van der Waals surface area contributed by atoms with E-state index in [2.05, 4.69) is 15.3 Å². The van der Waals surface area contributed by atoms with E-state index in [1.807, 2.05) is 0 Å². The van der Waals surface area contributed by atoms with Crippen molar-refractivity contribution in [2.75, 3.05) is 5.32 Å². The normalized spacial score (nSPS) is 12.0. The van der Waals surface area contributed by atoms with Crippen molar-refractivity contribution < 1.29 is 13.7 Å². The molecule has 0 amide bonds. The van der Waals surface area contributed by atoms with Gasteiger partial charge in [0, 0.05) is 18.5 Å². The van der Waals surface area contributed by atoms with Gasteiger partial charge in [0.25, 0.3) is 5.69 Å². The standard InChI is InChI=1S/C13H12F2N4O2/c1-7-12(17-6-5-16-7)8(2)18-13-10(19(20)21)4-3-9(14)11(13)15/h3-6,8,18H,1-2H3. The molecule has 1 N–H and O–H groups in total. The van der Waals surface area contributed by atoms with Gasteiger partial charge < -0.3 is 5.32 Å². The fourth-order valence-electron chi connectivity index (χ4n) is 1.96. The highest BCUT2D eigenvalue weighted by atomic mass is 19.2. The summed E-state index contributed by atoms with van der Waals surface area (Å²) in [6, 6.07) is 1.06. The third kappa shape index (κ3) is 2.93. The highest BCUT2D eigenvalue weighted by molar-refractivity contribution is 5.63. The lowest BCUT2D eigenvalue weighted by Crippen LogP contribution is -2.13. The first-order chi connectivity index (χ1) is 9.91. The first kappa shape index (κ1) is 14.8. The molecule has 1 aromatic heterocycles. The molecule has 1 unspecified atom stereocenters. The van der Waals surface area contributed by atoms with Gasteiger partial charge >= 0.3 is 0 Å². The van der Waals surface area contributed by atoms with E-state index in [0.29, 0.717) is 11.4 Å². The SMILES string of the molecule is Cc1nccnc1C(C)Nc1c([N+](=O)[O-])ccc(F)c1F. The molecule has 0 saturated heterocycles. The van der Waals surface area contributed by atoms with Crippen LogP contribution in [0.5, 0.6) is 0 Å². The van der Waals surface area contributed by atoms with E-state index in [4.69, 9.17) is 0 Å². The molecule has 0 saturated carbocycles. The summed E-state index contributed by atoms with van der Waals surface area (Å²) < 4.78 is 27.1. The van der Waals surface area contributed by atoms with Crippen LogP contribution in [-0.4, -0.2) is 14.9 Å². The van der Waals surface area contributed by atoms with Crippen molar-refractivity contribution >= 4 is 11.4 Å². The molecular formula is C13H12F2N4O2. The average molecular weight is 294 g/mol. The fraction of sp³-hybridized carbons (Fsp3) is 0.231. The molecule has 0 aliphatic rings. The molecule has 8 heteroatoms. The molecule has 0 bridgehead atoms. The number of hydrogen-bond acceptors (Lipinski definition) is 5. The Balaban J connectivity index is 2.41. The number of nitro groups is 1. The average Bonchev–Trinajstić information content (AvgIpc) is 2.44. The second-order valence-electron chi connectivity index (χ2n) is 4.41. The summed E-state index contributed by atoms with van der Waals surface area (Å²) in [5.41, 5.74) is 0.0484. The van der Waals surface area contributed by atoms with Gasteiger partial charge in [0.2, 0.25) is 0 Å². The Hall–Kier alpha value is -2.64. The highest BCUT2D eigenvalue weighted by Crippen LogP contribution is 2.32. The molecule has 110 valence electrons. The zero-order chi connectivity index (χ0) is 15.6. The predicted octanol–water partition coefficient (Wildman–Crippen LogP) is 3.14. The quantitative estimate of drug-likeness (QED) is 0.692. The Kier molecular flexibility index (Phi) is 4.06. The molecule has 6 nitrogen and oxygen atoms in total. The summed E-state index contributed by atoms with van der Waals surface area (Å²) in [6.45, 7) is 3.34. The Labute approximate surface area is 119 Å². The van der Waals surface area contributed by atoms with Gasteiger partial charge in [0.15, 0.2) is 17.3 Å². The smallest absolute Gasteiger partial charge is 0.295 e. The van der Waals surface area contributed by atoms with Crippen LogP contribution in [0.3, 0.4) is 0 Å². The van der Waals surface area contributed by atoms with Gasteiger partial charge in [-0.05, 0) is 19.9 Å². The van der Waals surface area contributed by atoms with Crippen LogP contribution in [0.1, 0.15) is 24.4 Å². The van der Waals surface area contributed by atoms with Crippen molar-refractivity contribution in [2.24, 2.45) is 0 Å². The summed E-state index contributed by atoms with van der Waals surface area (Å²) >= 11 is 0. The van der Waals surface area contributed by atoms with Crippen LogP contribution in [0, 0.1) is 28.7 Å². The highest BCUT2D eigenvalue weighted by Gasteiger charge is 2.24. The zero-order valence-corrected chi connectivity index (χ0v) is 11.3. The summed E-state index contributed by atoms with van der Waals surface area (Å²) in [7, 11) is 0. The summed E-state index contributed by atoms with van der Waals surface area (Å²) in [5.74, 6) is -2.45. The molecule has 1 aromatic carbocycles. The number of benzene rings is 1. The fourth-order valence-corrected chi connectivity index (χ4v) is 1.96. The van der Waals surface area contributed by atoms with Crippen LogP contribution in [0.4, 0.5) is 20.2 Å². The minimum absolute atomic E-state index is 0.496. The van der Waals surface area contributed by atoms with Crippen molar-refractivity contribution in [3.63, 3.8) is 0 Å². The maximum atomic E-state index is 13.8. The molecule has 2 aromatic rings. The predicted molar refractivity (Wildman–Crippen MR) is 71.8 cm³/mol. The van der Waals surface area contributed by atoms with Crippen molar-refractivity contribution in [2.45, 2.75) is 19.9 Å². The number of aryl methyl sites for hydroxylation is 1. The Morgan fingerprint density at radius 2 is 1.95 bits per heavy atom. The lowest BCUT2D eigenvalue weighted by molar-refractivity contribution is -0.384. The summed E-state index contributed by atoms with van der Waals surface area (Å²) in [5, 5.41) is 13.5. The topological polar surface area (TPSA) is 81.0 Å². The van der Waals surface area contributed by atoms with Gasteiger partial charge in [-0.25, -0.2) is 8.78 Å². The number of halogens is 2. The minimum Gasteiger partial charge on any atom is -0.369 e. The van der Waals surface area contributed by atoms with Gasteiger partial charge in [0.1, 0.15) is 0 Å². The summed E-state index contributed by atoms with van der Waals surface area (Å²) in [4.78, 5) is 18.3. The van der Waals surface area contributed by atoms with Crippen LogP contribution in [0.2, 0.25) is 0 Å². The van der Waals surface area contributed by atoms with Gasteiger partial charge in [0.05, 0.1) is 22.4 Å². The van der Waals surface area contributed by atoms with Crippen molar-refractivity contribution in [1.82, 2.24) is 9.97 Å². The number of anilines is 1. The Morgan fingerprint density at radius 3 is 2.57 bits per heavy atom. The molecular weight excluding hydrogens is 282 g/mol. The molecule has 0 radical (unpaired) electrons. The minimum atomic E-state index is -1.29. The van der Waals surface area contributed by atoms with E-state index in [1.165, 1.54) is 12.4 Å². The molecule has 1 heterocycles. The lowest BCUT2D eigenvalue weighted by atomic mass is 10.1. The van der Waals surface area contributed by atoms with E-state index in [1.54, 1.807) is 13.8 Å². The second kappa shape index (κ2) is 5.78. The molecule has 0 aliphatic carbocycles. The number of nitrogens with one attached hydrogen (secondary N) is 1. The van der Waals surface area contributed by atoms with Gasteiger partial charge in [-0.2, -0.15) is 0 Å². The zero-order valence-electron chi connectivity index (χ0n) is 11.3. The molecule has 2 rings (SSSR count). The molecule has 0 fully saturated rings. The third-order valence-electron chi connectivity index (χ3n) is 2.96. The van der Waals surface area contributed by atoms with Crippen molar-refractivity contribution in [3.05, 3.63) is 57.7 Å². The van der Waals surface area contributed by atoms with E-state index in [-0.39, 0.29) is 0 Å². The second-order valence-corrected chi connectivity index (χ2v) is 4.41. The Morgan fingerprint density at radius 1 is 1.29 bits per heavy atom. The van der Waals surface area contributed by atoms with E-state index < -0.39 is 34.0 Å². The van der Waals surface area contributed by atoms with Crippen LogP contribution >= 0.6 is 0 Å². The first-order valence-corrected chi connectivity index (χ1v) is 6.08. The monoisotopic (exact) mass is 294 g/mol. The van der Waals surface area contributed by atoms with E-state index >= 15 is 0 Å². The van der Waals surface area contributed by atoms with Gasteiger partial charge in [-0.15, -0.1) is 0 Å². The van der Waals surface area contributed by atoms with E-state index in [9.17, 15) is 18.9 Å². The van der Waals surface area contributed by atoms with Crippen molar-refractivity contribution in [3.8, 4) is 0 Å². The molecule has 0 spiro atoms. The maximum Gasteiger partial charge on any atom is 0.295 e. The largest absolute Gasteiger partial charge is 0.369 e. The summed E-state index contributed by atoms with van der Waals surface area (Å²) in [6.07, 6.45) is 2.95. The number of nitrogens with zero attached hydrogens (tertiary/aromatic N) is 3. The third-order valence-corrected chi connectivity index (χ3v) is 2.96. The molecule has 0 aliphatic heterocycles. The van der Waals surface area contributed by atoms with Crippen LogP contribution in [0.25, 0.3) is 0 Å². The van der Waals surface area contributed by atoms with Crippen molar-refractivity contribution in [1.29, 1.82) is 0 Å². The van der Waals surface area contributed by atoms with Crippen LogP contribution in [0.15, 0.2) is 24.5 Å². The lowest BCUT2D eigenvalue weighted by Gasteiger charge is -2.16. The maximum absolute atomic E-state index is 13.8. The Bertz CT molecular complexity index is 694. The number of rotatable bonds is 4. The van der Waals surface area contributed by atoms with Gasteiger partial charge in [-0.3, -0.25) is 20.1 Å². The van der Waals surface area contributed by atoms with E-state index in [0.717, 1.165) is 12.1 Å². The number of aromatic nitrogens is 2. The first-order valence-electron chi connectivity index (χ1n) is 6.08. The number of hydrogen-bond donors (Lipinski definition) is 1. The molecule has 21 heavy (non-hydrogen) atoms. The number of nitro benzene ring substituents is 1. The van der Waals surface area contributed by atoms with Crippen LogP contribution < -0.4 is 5.32 Å².